The lowest BCUT2D eigenvalue weighted by Gasteiger charge is -2.09. The third kappa shape index (κ3) is 5.14. The minimum atomic E-state index is -4.19. The first-order valence-electron chi connectivity index (χ1n) is 8.01. The van der Waals surface area contributed by atoms with E-state index in [0.29, 0.717) is 35.8 Å². The van der Waals surface area contributed by atoms with E-state index in [1.54, 1.807) is 10.9 Å². The van der Waals surface area contributed by atoms with E-state index in [-0.39, 0.29) is 12.6 Å². The van der Waals surface area contributed by atoms with E-state index in [4.69, 9.17) is 26.0 Å². The highest BCUT2D eigenvalue weighted by Crippen LogP contribution is 2.33. The summed E-state index contributed by atoms with van der Waals surface area (Å²) in [7, 11) is -4.19. The van der Waals surface area contributed by atoms with Crippen molar-refractivity contribution in [2.24, 2.45) is 0 Å². The van der Waals surface area contributed by atoms with Gasteiger partial charge in [-0.1, -0.05) is 12.1 Å². The summed E-state index contributed by atoms with van der Waals surface area (Å²) in [6.45, 7) is 0.906. The van der Waals surface area contributed by atoms with Crippen LogP contribution in [0.15, 0.2) is 30.6 Å². The summed E-state index contributed by atoms with van der Waals surface area (Å²) >= 11 is 0. The maximum absolute atomic E-state index is 10.8. The van der Waals surface area contributed by atoms with Crippen molar-refractivity contribution in [2.75, 3.05) is 29.7 Å². The number of anilines is 3. The Morgan fingerprint density at radius 3 is 2.63 bits per heavy atom. The molecule has 3 aromatic rings. The molecule has 0 aliphatic rings. The molecule has 2 heterocycles. The molecule has 0 unspecified atom stereocenters. The van der Waals surface area contributed by atoms with Gasteiger partial charge in [-0.2, -0.15) is 9.97 Å². The molecule has 0 aliphatic heterocycles. The van der Waals surface area contributed by atoms with Gasteiger partial charge in [-0.15, -0.1) is 0 Å². The molecule has 2 aromatic heterocycles. The second-order valence-electron chi connectivity index (χ2n) is 5.84. The maximum Gasteiger partial charge on any atom is 0.350 e. The van der Waals surface area contributed by atoms with E-state index in [0.717, 1.165) is 5.56 Å². The summed E-state index contributed by atoms with van der Waals surface area (Å²) in [5.41, 5.74) is 14.2. The van der Waals surface area contributed by atoms with Crippen molar-refractivity contribution in [1.29, 1.82) is 0 Å². The fourth-order valence-corrected chi connectivity index (χ4v) is 2.78. The number of nitrogens with zero attached hydrogens (tertiary/aromatic N) is 4. The van der Waals surface area contributed by atoms with E-state index in [1.807, 2.05) is 24.3 Å². The van der Waals surface area contributed by atoms with Crippen LogP contribution in [0.4, 0.5) is 17.5 Å². The molecule has 0 saturated carbocycles. The molecule has 0 aliphatic carbocycles. The zero-order chi connectivity index (χ0) is 19.4. The molecule has 0 amide bonds. The van der Waals surface area contributed by atoms with Crippen molar-refractivity contribution >= 4 is 36.2 Å². The minimum absolute atomic E-state index is 0.0835. The van der Waals surface area contributed by atoms with Gasteiger partial charge in [-0.25, -0.2) is 4.98 Å². The zero-order valence-corrected chi connectivity index (χ0v) is 15.2. The van der Waals surface area contributed by atoms with Gasteiger partial charge in [-0.3, -0.25) is 4.57 Å². The van der Waals surface area contributed by atoms with Gasteiger partial charge in [0.15, 0.2) is 17.0 Å². The van der Waals surface area contributed by atoms with Gasteiger partial charge in [0, 0.05) is 18.8 Å². The Hall–Kier alpha value is -2.72. The van der Waals surface area contributed by atoms with Crippen LogP contribution in [-0.4, -0.2) is 42.3 Å². The molecule has 1 aromatic carbocycles. The van der Waals surface area contributed by atoms with Crippen LogP contribution in [0.3, 0.4) is 0 Å². The SMILES string of the molecule is Nc1ccc(CNc2nc(N)nc3c2ncn3CCOCP(=O)(O)O)cc1. The highest BCUT2D eigenvalue weighted by molar-refractivity contribution is 7.51. The van der Waals surface area contributed by atoms with Gasteiger partial charge >= 0.3 is 7.60 Å². The van der Waals surface area contributed by atoms with Crippen LogP contribution in [0.1, 0.15) is 5.56 Å². The Morgan fingerprint density at radius 1 is 1.19 bits per heavy atom. The number of imidazole rings is 1. The van der Waals surface area contributed by atoms with Crippen LogP contribution in [0, 0.1) is 0 Å². The summed E-state index contributed by atoms with van der Waals surface area (Å²) in [5, 5.41) is 3.18. The van der Waals surface area contributed by atoms with Crippen molar-refractivity contribution in [1.82, 2.24) is 19.5 Å². The fourth-order valence-electron chi connectivity index (χ4n) is 2.42. The smallest absolute Gasteiger partial charge is 0.350 e. The molecular formula is C15H20N7O4P. The third-order valence-electron chi connectivity index (χ3n) is 3.66. The lowest BCUT2D eigenvalue weighted by atomic mass is 10.2. The monoisotopic (exact) mass is 393 g/mol. The molecule has 11 nitrogen and oxygen atoms in total. The van der Waals surface area contributed by atoms with E-state index in [2.05, 4.69) is 20.3 Å². The number of hydrogen-bond donors (Lipinski definition) is 5. The van der Waals surface area contributed by atoms with Crippen LogP contribution in [0.2, 0.25) is 0 Å². The normalized spacial score (nSPS) is 11.8. The molecule has 144 valence electrons. The first-order chi connectivity index (χ1) is 12.8. The first kappa shape index (κ1) is 19.1. The molecule has 27 heavy (non-hydrogen) atoms. The molecule has 7 N–H and O–H groups in total. The predicted octanol–water partition coefficient (Wildman–Crippen LogP) is 0.755. The molecule has 3 rings (SSSR count). The van der Waals surface area contributed by atoms with Crippen molar-refractivity contribution in [2.45, 2.75) is 13.1 Å². The van der Waals surface area contributed by atoms with Gasteiger partial charge in [-0.05, 0) is 17.7 Å². The number of rotatable bonds is 8. The second kappa shape index (κ2) is 7.89. The lowest BCUT2D eigenvalue weighted by Crippen LogP contribution is -2.09. The highest BCUT2D eigenvalue weighted by atomic mass is 31.2. The van der Waals surface area contributed by atoms with Crippen LogP contribution < -0.4 is 16.8 Å². The molecule has 0 radical (unpaired) electrons. The number of aromatic nitrogens is 4. The second-order valence-corrected chi connectivity index (χ2v) is 7.43. The molecule has 0 fully saturated rings. The number of nitrogens with two attached hydrogens (primary N) is 2. The number of benzene rings is 1. The Labute approximate surface area is 154 Å². The fraction of sp³-hybridized carbons (Fsp3) is 0.267. The molecule has 0 bridgehead atoms. The Morgan fingerprint density at radius 2 is 1.93 bits per heavy atom. The average Bonchev–Trinajstić information content (AvgIpc) is 3.00. The van der Waals surface area contributed by atoms with E-state index >= 15 is 0 Å². The van der Waals surface area contributed by atoms with Crippen LogP contribution >= 0.6 is 7.60 Å². The van der Waals surface area contributed by atoms with Crippen LogP contribution in [0.5, 0.6) is 0 Å². The topological polar surface area (TPSA) is 174 Å². The number of ether oxygens (including phenoxy) is 1. The third-order valence-corrected chi connectivity index (χ3v) is 4.18. The van der Waals surface area contributed by atoms with Gasteiger partial charge in [0.1, 0.15) is 6.35 Å². The molecule has 0 saturated heterocycles. The highest BCUT2D eigenvalue weighted by Gasteiger charge is 2.14. The van der Waals surface area contributed by atoms with Crippen molar-refractivity contribution in [3.05, 3.63) is 36.2 Å². The average molecular weight is 393 g/mol. The number of fused-ring (bicyclic) bond motifs is 1. The summed E-state index contributed by atoms with van der Waals surface area (Å²) in [5.74, 6) is 0.574. The van der Waals surface area contributed by atoms with Gasteiger partial charge in [0.25, 0.3) is 0 Å². The minimum Gasteiger partial charge on any atom is -0.399 e. The van der Waals surface area contributed by atoms with E-state index in [9.17, 15) is 4.57 Å². The number of nitrogen functional groups attached to an aromatic ring is 2. The van der Waals surface area contributed by atoms with Crippen molar-refractivity contribution < 1.29 is 19.1 Å². The van der Waals surface area contributed by atoms with Crippen LogP contribution in [-0.2, 0) is 22.4 Å². The predicted molar refractivity (Wildman–Crippen MR) is 101 cm³/mol. The molecular weight excluding hydrogens is 373 g/mol. The van der Waals surface area contributed by atoms with Crippen molar-refractivity contribution in [3.63, 3.8) is 0 Å². The quantitative estimate of drug-likeness (QED) is 0.209. The van der Waals surface area contributed by atoms with Gasteiger partial charge < -0.3 is 35.9 Å². The van der Waals surface area contributed by atoms with Gasteiger partial charge in [0.2, 0.25) is 5.95 Å². The zero-order valence-electron chi connectivity index (χ0n) is 14.3. The largest absolute Gasteiger partial charge is 0.399 e. The summed E-state index contributed by atoms with van der Waals surface area (Å²) in [6, 6.07) is 7.43. The Balaban J connectivity index is 1.72. The molecule has 12 heteroatoms. The number of hydrogen-bond acceptors (Lipinski definition) is 8. The van der Waals surface area contributed by atoms with E-state index < -0.39 is 13.9 Å². The summed E-state index contributed by atoms with van der Waals surface area (Å²) in [4.78, 5) is 30.3. The molecule has 0 spiro atoms. The first-order valence-corrected chi connectivity index (χ1v) is 9.80. The summed E-state index contributed by atoms with van der Waals surface area (Å²) in [6.07, 6.45) is 0.916. The van der Waals surface area contributed by atoms with E-state index in [1.165, 1.54) is 0 Å². The molecule has 0 atom stereocenters. The Bertz CT molecular complexity index is 970. The summed E-state index contributed by atoms with van der Waals surface area (Å²) < 4.78 is 17.5. The number of nitrogens with one attached hydrogen (secondary N) is 1. The standard InChI is InChI=1S/C15H20N7O4P/c16-11-3-1-10(2-4-11)7-18-13-12-14(21-15(17)20-13)22(8-19-12)5-6-26-9-27(23,24)25/h1-4,8H,5-7,9,16H2,(H2,23,24,25)(H3,17,18,20,21). The van der Waals surface area contributed by atoms with Crippen molar-refractivity contribution in [3.8, 4) is 0 Å². The van der Waals surface area contributed by atoms with Crippen LogP contribution in [0.25, 0.3) is 11.2 Å². The lowest BCUT2D eigenvalue weighted by molar-refractivity contribution is 0.149. The Kier molecular flexibility index (Phi) is 5.57. The van der Waals surface area contributed by atoms with Gasteiger partial charge in [0.05, 0.1) is 12.9 Å². The maximum atomic E-state index is 10.8.